The molecule has 0 bridgehead atoms. The molecule has 0 spiro atoms. The largest absolute Gasteiger partial charge is 0.383 e. The summed E-state index contributed by atoms with van der Waals surface area (Å²) >= 11 is 6.60. The van der Waals surface area contributed by atoms with Gasteiger partial charge in [-0.3, -0.25) is 4.79 Å². The molecule has 0 atom stereocenters. The molecule has 0 fully saturated rings. The first kappa shape index (κ1) is 19.1. The number of benzene rings is 1. The molecule has 8 heteroatoms. The molecule has 0 aliphatic heterocycles. The SMILES string of the molecule is COCc1ccc(NC(=O)c2c(Cl)n(C(C)(C)C)c3ncnc(N)c23)cc1. The number of aromatic nitrogens is 3. The molecule has 0 saturated carbocycles. The summed E-state index contributed by atoms with van der Waals surface area (Å²) in [4.78, 5) is 21.3. The van der Waals surface area contributed by atoms with Gasteiger partial charge in [-0.2, -0.15) is 0 Å². The number of halogens is 1. The standard InChI is InChI=1S/C19H22ClN5O2/c1-19(2,3)25-15(20)13(14-16(21)22-10-23-17(14)25)18(26)24-12-7-5-11(6-8-12)9-27-4/h5-8,10H,9H2,1-4H3,(H,24,26)(H2,21,22,23). The van der Waals surface area contributed by atoms with Gasteiger partial charge in [0.15, 0.2) is 0 Å². The number of carbonyl (C=O) groups is 1. The zero-order chi connectivity index (χ0) is 19.8. The first-order valence-corrected chi connectivity index (χ1v) is 8.82. The van der Waals surface area contributed by atoms with E-state index in [9.17, 15) is 4.79 Å². The summed E-state index contributed by atoms with van der Waals surface area (Å²) in [7, 11) is 1.63. The third-order valence-electron chi connectivity index (χ3n) is 4.14. The molecule has 1 aromatic carbocycles. The predicted molar refractivity (Wildman–Crippen MR) is 107 cm³/mol. The zero-order valence-electron chi connectivity index (χ0n) is 15.7. The minimum Gasteiger partial charge on any atom is -0.383 e. The van der Waals surface area contributed by atoms with Crippen LogP contribution in [0.4, 0.5) is 11.5 Å². The van der Waals surface area contributed by atoms with Crippen molar-refractivity contribution in [2.45, 2.75) is 32.9 Å². The third kappa shape index (κ3) is 3.61. The second-order valence-corrected chi connectivity index (χ2v) is 7.57. The Labute approximate surface area is 162 Å². The number of rotatable bonds is 4. The molecule has 0 unspecified atom stereocenters. The fourth-order valence-corrected chi connectivity index (χ4v) is 3.48. The number of nitrogens with one attached hydrogen (secondary N) is 1. The van der Waals surface area contributed by atoms with Gasteiger partial charge >= 0.3 is 0 Å². The average Bonchev–Trinajstić information content (AvgIpc) is 2.90. The summed E-state index contributed by atoms with van der Waals surface area (Å²) in [5, 5.41) is 3.59. The number of anilines is 2. The molecule has 0 radical (unpaired) electrons. The fraction of sp³-hybridized carbons (Fsp3) is 0.316. The summed E-state index contributed by atoms with van der Waals surface area (Å²) in [6, 6.07) is 7.39. The van der Waals surface area contributed by atoms with E-state index in [1.807, 2.05) is 45.0 Å². The second kappa shape index (κ2) is 7.17. The van der Waals surface area contributed by atoms with Gasteiger partial charge in [0.1, 0.15) is 22.9 Å². The van der Waals surface area contributed by atoms with Crippen molar-refractivity contribution in [1.29, 1.82) is 0 Å². The van der Waals surface area contributed by atoms with Crippen LogP contribution in [0.15, 0.2) is 30.6 Å². The van der Waals surface area contributed by atoms with E-state index in [4.69, 9.17) is 22.1 Å². The van der Waals surface area contributed by atoms with Crippen molar-refractivity contribution < 1.29 is 9.53 Å². The van der Waals surface area contributed by atoms with Crippen LogP contribution in [0.2, 0.25) is 5.15 Å². The molecule has 3 aromatic rings. The van der Waals surface area contributed by atoms with Gasteiger partial charge < -0.3 is 20.4 Å². The van der Waals surface area contributed by atoms with Crippen molar-refractivity contribution in [2.24, 2.45) is 0 Å². The molecule has 27 heavy (non-hydrogen) atoms. The summed E-state index contributed by atoms with van der Waals surface area (Å²) in [6.45, 7) is 6.44. The maximum absolute atomic E-state index is 13.0. The zero-order valence-corrected chi connectivity index (χ0v) is 16.5. The smallest absolute Gasteiger partial charge is 0.259 e. The van der Waals surface area contributed by atoms with E-state index < -0.39 is 5.54 Å². The van der Waals surface area contributed by atoms with Gasteiger partial charge in [-0.05, 0) is 38.5 Å². The third-order valence-corrected chi connectivity index (χ3v) is 4.50. The first-order chi connectivity index (χ1) is 12.7. The number of carbonyl (C=O) groups excluding carboxylic acids is 1. The number of amides is 1. The van der Waals surface area contributed by atoms with E-state index >= 15 is 0 Å². The van der Waals surface area contributed by atoms with E-state index in [-0.39, 0.29) is 22.4 Å². The molecule has 7 nitrogen and oxygen atoms in total. The molecule has 2 heterocycles. The lowest BCUT2D eigenvalue weighted by Gasteiger charge is -2.23. The Morgan fingerprint density at radius 2 is 1.93 bits per heavy atom. The highest BCUT2D eigenvalue weighted by molar-refractivity contribution is 6.36. The van der Waals surface area contributed by atoms with Crippen LogP contribution in [-0.4, -0.2) is 27.6 Å². The molecule has 2 aromatic heterocycles. The van der Waals surface area contributed by atoms with Crippen LogP contribution in [-0.2, 0) is 16.9 Å². The van der Waals surface area contributed by atoms with Crippen molar-refractivity contribution in [3.8, 4) is 0 Å². The number of nitrogens with two attached hydrogens (primary N) is 1. The Balaban J connectivity index is 2.05. The van der Waals surface area contributed by atoms with Gasteiger partial charge in [-0.15, -0.1) is 0 Å². The normalized spacial score (nSPS) is 11.7. The fourth-order valence-electron chi connectivity index (χ4n) is 2.97. The first-order valence-electron chi connectivity index (χ1n) is 8.44. The van der Waals surface area contributed by atoms with Crippen LogP contribution >= 0.6 is 11.6 Å². The van der Waals surface area contributed by atoms with Crippen molar-refractivity contribution >= 4 is 40.0 Å². The summed E-state index contributed by atoms with van der Waals surface area (Å²) in [6.07, 6.45) is 1.37. The van der Waals surface area contributed by atoms with Crippen LogP contribution in [0.3, 0.4) is 0 Å². The number of hydrogen-bond acceptors (Lipinski definition) is 5. The van der Waals surface area contributed by atoms with Crippen LogP contribution in [0.25, 0.3) is 11.0 Å². The summed E-state index contributed by atoms with van der Waals surface area (Å²) < 4.78 is 6.88. The van der Waals surface area contributed by atoms with Gasteiger partial charge in [-0.1, -0.05) is 23.7 Å². The monoisotopic (exact) mass is 387 g/mol. The molecule has 1 amide bonds. The Morgan fingerprint density at radius 3 is 2.52 bits per heavy atom. The molecule has 0 aliphatic carbocycles. The van der Waals surface area contributed by atoms with Crippen LogP contribution < -0.4 is 11.1 Å². The molecule has 0 aliphatic rings. The molecule has 142 valence electrons. The number of fused-ring (bicyclic) bond motifs is 1. The number of ether oxygens (including phenoxy) is 1. The lowest BCUT2D eigenvalue weighted by atomic mass is 10.1. The Kier molecular flexibility index (Phi) is 5.08. The highest BCUT2D eigenvalue weighted by Gasteiger charge is 2.29. The summed E-state index contributed by atoms with van der Waals surface area (Å²) in [5.74, 6) is -0.153. The van der Waals surface area contributed by atoms with E-state index in [0.717, 1.165) is 5.56 Å². The highest BCUT2D eigenvalue weighted by atomic mass is 35.5. The van der Waals surface area contributed by atoms with Gasteiger partial charge in [0.25, 0.3) is 5.91 Å². The van der Waals surface area contributed by atoms with Crippen molar-refractivity contribution in [2.75, 3.05) is 18.2 Å². The highest BCUT2D eigenvalue weighted by Crippen LogP contribution is 2.36. The van der Waals surface area contributed by atoms with Crippen molar-refractivity contribution in [3.63, 3.8) is 0 Å². The Bertz CT molecular complexity index is 990. The van der Waals surface area contributed by atoms with Gasteiger partial charge in [0, 0.05) is 18.3 Å². The minimum absolute atomic E-state index is 0.213. The number of nitrogens with zero attached hydrogens (tertiary/aromatic N) is 3. The second-order valence-electron chi connectivity index (χ2n) is 7.21. The van der Waals surface area contributed by atoms with Crippen molar-refractivity contribution in [1.82, 2.24) is 14.5 Å². The minimum atomic E-state index is -0.392. The van der Waals surface area contributed by atoms with Crippen LogP contribution in [0.5, 0.6) is 0 Å². The maximum atomic E-state index is 13.0. The van der Waals surface area contributed by atoms with E-state index in [1.165, 1.54) is 6.33 Å². The maximum Gasteiger partial charge on any atom is 0.259 e. The average molecular weight is 388 g/mol. The molecule has 0 saturated heterocycles. The Hall–Kier alpha value is -2.64. The van der Waals surface area contributed by atoms with Crippen LogP contribution in [0.1, 0.15) is 36.7 Å². The van der Waals surface area contributed by atoms with Crippen LogP contribution in [0, 0.1) is 0 Å². The van der Waals surface area contributed by atoms with Gasteiger partial charge in [-0.25, -0.2) is 9.97 Å². The molecular formula is C19H22ClN5O2. The van der Waals surface area contributed by atoms with Gasteiger partial charge in [0.05, 0.1) is 17.6 Å². The predicted octanol–water partition coefficient (Wildman–Crippen LogP) is 3.82. The summed E-state index contributed by atoms with van der Waals surface area (Å²) in [5.41, 5.74) is 8.10. The molecular weight excluding hydrogens is 366 g/mol. The lowest BCUT2D eigenvalue weighted by Crippen LogP contribution is -2.22. The van der Waals surface area contributed by atoms with E-state index in [0.29, 0.717) is 23.3 Å². The molecule has 3 rings (SSSR count). The lowest BCUT2D eigenvalue weighted by molar-refractivity contribution is 0.102. The quantitative estimate of drug-likeness (QED) is 0.709. The topological polar surface area (TPSA) is 95.1 Å². The number of hydrogen-bond donors (Lipinski definition) is 2. The van der Waals surface area contributed by atoms with E-state index in [1.54, 1.807) is 11.7 Å². The number of methoxy groups -OCH3 is 1. The number of nitrogen functional groups attached to an aromatic ring is 1. The van der Waals surface area contributed by atoms with E-state index in [2.05, 4.69) is 15.3 Å². The Morgan fingerprint density at radius 1 is 1.26 bits per heavy atom. The van der Waals surface area contributed by atoms with Crippen molar-refractivity contribution in [3.05, 3.63) is 46.9 Å². The molecule has 3 N–H and O–H groups in total. The van der Waals surface area contributed by atoms with Gasteiger partial charge in [0.2, 0.25) is 0 Å².